The second-order valence-corrected chi connectivity index (χ2v) is 10.9. The van der Waals surface area contributed by atoms with E-state index in [0.29, 0.717) is 30.0 Å². The van der Waals surface area contributed by atoms with Gasteiger partial charge in [-0.05, 0) is 59.2 Å². The van der Waals surface area contributed by atoms with Gasteiger partial charge in [0.2, 0.25) is 5.91 Å². The van der Waals surface area contributed by atoms with Crippen LogP contribution in [0.4, 0.5) is 0 Å². The second-order valence-electron chi connectivity index (χ2n) is 10.6. The summed E-state index contributed by atoms with van der Waals surface area (Å²) >= 11 is 4.42. The molecule has 0 aliphatic heterocycles. The molecular formula is C33H39N3O3S. The Morgan fingerprint density at radius 3 is 2.42 bits per heavy atom. The number of hydrogen-bond donors (Lipinski definition) is 3. The van der Waals surface area contributed by atoms with Crippen molar-refractivity contribution in [2.75, 3.05) is 5.75 Å². The van der Waals surface area contributed by atoms with E-state index in [1.165, 1.54) is 0 Å². The summed E-state index contributed by atoms with van der Waals surface area (Å²) < 4.78 is 2.27. The Kier molecular flexibility index (Phi) is 9.69. The molecule has 2 N–H and O–H groups in total. The van der Waals surface area contributed by atoms with E-state index < -0.39 is 5.97 Å². The van der Waals surface area contributed by atoms with Crippen molar-refractivity contribution in [1.29, 1.82) is 0 Å². The number of aryl methyl sites for hydroxylation is 2. The molecule has 4 rings (SSSR count). The minimum Gasteiger partial charge on any atom is -0.478 e. The lowest BCUT2D eigenvalue weighted by Gasteiger charge is -2.20. The molecule has 2 atom stereocenters. The smallest absolute Gasteiger partial charge is 0.336 e. The van der Waals surface area contributed by atoms with Gasteiger partial charge in [0.15, 0.2) is 0 Å². The molecule has 0 spiro atoms. The zero-order valence-corrected chi connectivity index (χ0v) is 24.7. The summed E-state index contributed by atoms with van der Waals surface area (Å²) in [6.45, 7) is 9.54. The molecule has 6 nitrogen and oxygen atoms in total. The van der Waals surface area contributed by atoms with Crippen LogP contribution in [0, 0.1) is 18.8 Å². The first-order valence-electron chi connectivity index (χ1n) is 14.1. The lowest BCUT2D eigenvalue weighted by molar-refractivity contribution is -0.125. The molecule has 0 aliphatic carbocycles. The van der Waals surface area contributed by atoms with Crippen molar-refractivity contribution < 1.29 is 14.7 Å². The fourth-order valence-electron chi connectivity index (χ4n) is 5.23. The number of fused-ring (bicyclic) bond motifs is 1. The number of carbonyl (C=O) groups excluding carboxylic acids is 1. The van der Waals surface area contributed by atoms with Crippen molar-refractivity contribution in [2.45, 2.75) is 60.0 Å². The molecule has 1 aromatic heterocycles. The van der Waals surface area contributed by atoms with Gasteiger partial charge >= 0.3 is 5.97 Å². The standard InChI is InChI=1S/C33H39N3O3S/c1-5-9-30-35-31-22(4)16-24(18-34-32(37)28(20-40)21(3)6-2)17-29(31)36(30)19-23-12-14-25(15-13-23)26-10-7-8-11-27(26)33(38)39/h7-8,10-17,21,28,40H,5-6,9,18-20H2,1-4H3,(H,34,37)(H,38,39). The van der Waals surface area contributed by atoms with Gasteiger partial charge in [0, 0.05) is 31.2 Å². The first kappa shape index (κ1) is 29.4. The maximum atomic E-state index is 12.9. The number of nitrogens with one attached hydrogen (secondary N) is 1. The molecule has 0 saturated carbocycles. The lowest BCUT2D eigenvalue weighted by atomic mass is 9.92. The van der Waals surface area contributed by atoms with E-state index in [9.17, 15) is 14.7 Å². The van der Waals surface area contributed by atoms with Crippen LogP contribution < -0.4 is 5.32 Å². The number of aromatic nitrogens is 2. The quantitative estimate of drug-likeness (QED) is 0.165. The van der Waals surface area contributed by atoms with Crippen LogP contribution in [0.25, 0.3) is 22.2 Å². The van der Waals surface area contributed by atoms with Gasteiger partial charge in [-0.1, -0.05) is 75.7 Å². The Hall–Kier alpha value is -3.58. The second kappa shape index (κ2) is 13.2. The molecule has 1 heterocycles. The summed E-state index contributed by atoms with van der Waals surface area (Å²) in [5, 5.41) is 12.7. The van der Waals surface area contributed by atoms with E-state index in [2.05, 4.69) is 74.5 Å². The maximum Gasteiger partial charge on any atom is 0.336 e. The van der Waals surface area contributed by atoms with Crippen LogP contribution >= 0.6 is 12.6 Å². The first-order chi connectivity index (χ1) is 19.3. The monoisotopic (exact) mass is 557 g/mol. The third kappa shape index (κ3) is 6.41. The number of aromatic carboxylic acids is 1. The fraction of sp³-hybridized carbons (Fsp3) is 0.364. The van der Waals surface area contributed by atoms with Crippen molar-refractivity contribution in [3.8, 4) is 11.1 Å². The predicted octanol–water partition coefficient (Wildman–Crippen LogP) is 6.92. The van der Waals surface area contributed by atoms with Crippen LogP contribution in [0.15, 0.2) is 60.7 Å². The molecule has 210 valence electrons. The number of imidazole rings is 1. The number of nitrogens with zero attached hydrogens (tertiary/aromatic N) is 2. The largest absolute Gasteiger partial charge is 0.478 e. The highest BCUT2D eigenvalue weighted by Gasteiger charge is 2.22. The molecule has 0 saturated heterocycles. The Balaban J connectivity index is 1.63. The SMILES string of the molecule is CCCc1nc2c(C)cc(CNC(=O)C(CS)C(C)CC)cc2n1Cc1ccc(-c2ccccc2C(=O)O)cc1. The lowest BCUT2D eigenvalue weighted by Crippen LogP contribution is -2.34. The van der Waals surface area contributed by atoms with Gasteiger partial charge in [-0.2, -0.15) is 12.6 Å². The molecule has 0 aliphatic rings. The van der Waals surface area contributed by atoms with E-state index >= 15 is 0 Å². The van der Waals surface area contributed by atoms with Crippen LogP contribution in [0.5, 0.6) is 0 Å². The number of amides is 1. The van der Waals surface area contributed by atoms with Gasteiger partial charge < -0.3 is 15.0 Å². The number of hydrogen-bond acceptors (Lipinski definition) is 4. The Bertz CT molecular complexity index is 1490. The highest BCUT2D eigenvalue weighted by Crippen LogP contribution is 2.27. The summed E-state index contributed by atoms with van der Waals surface area (Å²) in [5.41, 5.74) is 7.15. The molecule has 1 amide bonds. The van der Waals surface area contributed by atoms with Gasteiger partial charge in [-0.15, -0.1) is 0 Å². The summed E-state index contributed by atoms with van der Waals surface area (Å²) in [7, 11) is 0. The molecule has 3 aromatic carbocycles. The van der Waals surface area contributed by atoms with Gasteiger partial charge in [-0.3, -0.25) is 4.79 Å². The number of rotatable bonds is 12. The fourth-order valence-corrected chi connectivity index (χ4v) is 5.75. The third-order valence-electron chi connectivity index (χ3n) is 7.75. The van der Waals surface area contributed by atoms with Gasteiger partial charge in [-0.25, -0.2) is 9.78 Å². The number of thiol groups is 1. The van der Waals surface area contributed by atoms with Crippen molar-refractivity contribution in [2.24, 2.45) is 11.8 Å². The molecule has 0 bridgehead atoms. The molecule has 4 aromatic rings. The van der Waals surface area contributed by atoms with Gasteiger partial charge in [0.25, 0.3) is 0 Å². The van der Waals surface area contributed by atoms with E-state index in [-0.39, 0.29) is 17.7 Å². The molecule has 2 unspecified atom stereocenters. The zero-order chi connectivity index (χ0) is 28.8. The van der Waals surface area contributed by atoms with Crippen molar-refractivity contribution in [1.82, 2.24) is 14.9 Å². The molecule has 0 radical (unpaired) electrons. The van der Waals surface area contributed by atoms with Crippen molar-refractivity contribution in [3.63, 3.8) is 0 Å². The number of carboxylic acid groups (broad SMARTS) is 1. The summed E-state index contributed by atoms with van der Waals surface area (Å²) in [5.74, 6) is 0.860. The van der Waals surface area contributed by atoms with Crippen molar-refractivity contribution >= 4 is 35.5 Å². The van der Waals surface area contributed by atoms with Gasteiger partial charge in [0.1, 0.15) is 5.82 Å². The summed E-state index contributed by atoms with van der Waals surface area (Å²) in [6, 6.07) is 19.4. The maximum absolute atomic E-state index is 12.9. The minimum atomic E-state index is -0.933. The van der Waals surface area contributed by atoms with E-state index in [1.807, 2.05) is 24.3 Å². The zero-order valence-electron chi connectivity index (χ0n) is 23.8. The highest BCUT2D eigenvalue weighted by atomic mass is 32.1. The highest BCUT2D eigenvalue weighted by molar-refractivity contribution is 7.80. The molecule has 7 heteroatoms. The van der Waals surface area contributed by atoms with Crippen LogP contribution in [-0.4, -0.2) is 32.3 Å². The average molecular weight is 558 g/mol. The Morgan fingerprint density at radius 2 is 1.77 bits per heavy atom. The minimum absolute atomic E-state index is 0.0480. The average Bonchev–Trinajstić information content (AvgIpc) is 3.30. The molecule has 40 heavy (non-hydrogen) atoms. The van der Waals surface area contributed by atoms with Crippen LogP contribution in [-0.2, 0) is 24.3 Å². The molecule has 0 fully saturated rings. The summed E-state index contributed by atoms with van der Waals surface area (Å²) in [6.07, 6.45) is 2.79. The first-order valence-corrected chi connectivity index (χ1v) is 14.7. The van der Waals surface area contributed by atoms with Gasteiger partial charge in [0.05, 0.1) is 16.6 Å². The van der Waals surface area contributed by atoms with Crippen LogP contribution in [0.3, 0.4) is 0 Å². The normalized spacial score (nSPS) is 12.8. The number of carbonyl (C=O) groups is 2. The van der Waals surface area contributed by atoms with E-state index in [0.717, 1.165) is 58.4 Å². The predicted molar refractivity (Wildman–Crippen MR) is 165 cm³/mol. The Morgan fingerprint density at radius 1 is 1.05 bits per heavy atom. The Labute approximate surface area is 242 Å². The van der Waals surface area contributed by atoms with Crippen LogP contribution in [0.2, 0.25) is 0 Å². The van der Waals surface area contributed by atoms with Crippen LogP contribution in [0.1, 0.15) is 66.5 Å². The molecular weight excluding hydrogens is 518 g/mol. The third-order valence-corrected chi connectivity index (χ3v) is 8.14. The van der Waals surface area contributed by atoms with E-state index in [4.69, 9.17) is 4.98 Å². The topological polar surface area (TPSA) is 84.2 Å². The van der Waals surface area contributed by atoms with E-state index in [1.54, 1.807) is 12.1 Å². The number of benzene rings is 3. The van der Waals surface area contributed by atoms with Crippen molar-refractivity contribution in [3.05, 3.63) is 88.7 Å². The number of carboxylic acids is 1. The summed E-state index contributed by atoms with van der Waals surface area (Å²) in [4.78, 5) is 29.6.